The molecule has 0 radical (unpaired) electrons. The van der Waals surface area contributed by atoms with Gasteiger partial charge in [-0.25, -0.2) is 9.88 Å². The maximum absolute atomic E-state index is 13.6. The van der Waals surface area contributed by atoms with Gasteiger partial charge in [0.25, 0.3) is 5.91 Å². The first-order valence-corrected chi connectivity index (χ1v) is 11.8. The number of ether oxygens (including phenoxy) is 4. The number of amides is 1. The van der Waals surface area contributed by atoms with Gasteiger partial charge in [-0.1, -0.05) is 35.6 Å². The fourth-order valence-electron chi connectivity index (χ4n) is 3.63. The summed E-state index contributed by atoms with van der Waals surface area (Å²) < 4.78 is 23.1. The first kappa shape index (κ1) is 24.1. The van der Waals surface area contributed by atoms with Crippen LogP contribution in [0.3, 0.4) is 0 Å². The van der Waals surface area contributed by atoms with Gasteiger partial charge in [0.15, 0.2) is 16.6 Å². The van der Waals surface area contributed by atoms with Crippen LogP contribution in [0.1, 0.15) is 12.5 Å². The summed E-state index contributed by atoms with van der Waals surface area (Å²) in [6.07, 6.45) is 3.20. The zero-order valence-electron chi connectivity index (χ0n) is 20.0. The van der Waals surface area contributed by atoms with Crippen LogP contribution in [-0.2, 0) is 4.79 Å². The smallest absolute Gasteiger partial charge is 0.257 e. The third-order valence-corrected chi connectivity index (χ3v) is 6.23. The van der Waals surface area contributed by atoms with E-state index in [1.165, 1.54) is 17.4 Å². The predicted octanol–water partition coefficient (Wildman–Crippen LogP) is 6.10. The molecule has 3 aromatic carbocycles. The van der Waals surface area contributed by atoms with Gasteiger partial charge < -0.3 is 18.9 Å². The van der Waals surface area contributed by atoms with E-state index in [-0.39, 0.29) is 5.91 Å². The van der Waals surface area contributed by atoms with Gasteiger partial charge in [-0.15, -0.1) is 0 Å². The summed E-state index contributed by atoms with van der Waals surface area (Å²) in [5.41, 5.74) is 2.16. The van der Waals surface area contributed by atoms with Gasteiger partial charge in [0.05, 0.1) is 43.8 Å². The van der Waals surface area contributed by atoms with Crippen LogP contribution in [0.2, 0.25) is 0 Å². The monoisotopic (exact) mass is 490 g/mol. The lowest BCUT2D eigenvalue weighted by molar-refractivity contribution is -0.113. The van der Waals surface area contributed by atoms with Crippen molar-refractivity contribution in [1.29, 1.82) is 0 Å². The van der Waals surface area contributed by atoms with Crippen molar-refractivity contribution in [2.75, 3.05) is 32.8 Å². The van der Waals surface area contributed by atoms with Gasteiger partial charge in [-0.2, -0.15) is 0 Å². The SMILES string of the molecule is CCOc1ccccc1N(C(=O)C=Cc1cc(OC)c(OC)c(OC)c1)c1nc2ccccc2s1. The maximum atomic E-state index is 13.6. The molecule has 0 bridgehead atoms. The predicted molar refractivity (Wildman–Crippen MR) is 140 cm³/mol. The zero-order valence-corrected chi connectivity index (χ0v) is 20.8. The molecule has 0 saturated heterocycles. The third-order valence-electron chi connectivity index (χ3n) is 5.21. The highest BCUT2D eigenvalue weighted by molar-refractivity contribution is 7.22. The highest BCUT2D eigenvalue weighted by Gasteiger charge is 2.23. The molecular formula is C27H26N2O5S. The molecule has 0 N–H and O–H groups in total. The summed E-state index contributed by atoms with van der Waals surface area (Å²) in [5.74, 6) is 1.82. The van der Waals surface area contributed by atoms with Crippen molar-refractivity contribution in [1.82, 2.24) is 4.98 Å². The number of hydrogen-bond acceptors (Lipinski definition) is 7. The van der Waals surface area contributed by atoms with Crippen LogP contribution >= 0.6 is 11.3 Å². The van der Waals surface area contributed by atoms with Crippen LogP contribution in [0, 0.1) is 0 Å². The number of rotatable bonds is 9. The number of carbonyl (C=O) groups excluding carboxylic acids is 1. The Bertz CT molecular complexity index is 1310. The lowest BCUT2D eigenvalue weighted by atomic mass is 10.1. The fraction of sp³-hybridized carbons (Fsp3) is 0.185. The molecule has 0 aliphatic rings. The second-order valence-electron chi connectivity index (χ2n) is 7.33. The van der Waals surface area contributed by atoms with Crippen molar-refractivity contribution in [2.45, 2.75) is 6.92 Å². The fourth-order valence-corrected chi connectivity index (χ4v) is 4.62. The minimum absolute atomic E-state index is 0.273. The summed E-state index contributed by atoms with van der Waals surface area (Å²) >= 11 is 1.44. The molecule has 0 atom stereocenters. The number of hydrogen-bond donors (Lipinski definition) is 0. The Morgan fingerprint density at radius 2 is 1.63 bits per heavy atom. The van der Waals surface area contributed by atoms with Crippen LogP contribution in [0.5, 0.6) is 23.0 Å². The third kappa shape index (κ3) is 5.07. The Morgan fingerprint density at radius 1 is 0.943 bits per heavy atom. The molecule has 180 valence electrons. The first-order valence-electron chi connectivity index (χ1n) is 11.0. The molecule has 7 nitrogen and oxygen atoms in total. The Hall–Kier alpha value is -4.04. The molecule has 0 aliphatic carbocycles. The van der Waals surface area contributed by atoms with E-state index in [1.54, 1.807) is 44.4 Å². The van der Waals surface area contributed by atoms with E-state index in [0.29, 0.717) is 40.4 Å². The molecule has 0 saturated carbocycles. The van der Waals surface area contributed by atoms with Gasteiger partial charge in [0, 0.05) is 6.08 Å². The normalized spacial score (nSPS) is 11.0. The van der Waals surface area contributed by atoms with Gasteiger partial charge in [-0.05, 0) is 55.0 Å². The molecule has 1 amide bonds. The Morgan fingerprint density at radius 3 is 2.29 bits per heavy atom. The number of benzene rings is 3. The highest BCUT2D eigenvalue weighted by Crippen LogP contribution is 2.40. The molecule has 1 heterocycles. The second kappa shape index (κ2) is 10.9. The van der Waals surface area contributed by atoms with E-state index < -0.39 is 0 Å². The standard InChI is InChI=1S/C27H26N2O5S/c1-5-34-21-12-8-7-11-20(21)29(27-28-19-10-6-9-13-24(19)35-27)25(30)15-14-18-16-22(31-2)26(33-4)23(17-18)32-3/h6-17H,5H2,1-4H3. The van der Waals surface area contributed by atoms with Crippen molar-refractivity contribution in [2.24, 2.45) is 0 Å². The van der Waals surface area contributed by atoms with Crippen molar-refractivity contribution in [3.63, 3.8) is 0 Å². The van der Waals surface area contributed by atoms with E-state index in [0.717, 1.165) is 15.8 Å². The van der Waals surface area contributed by atoms with Crippen molar-refractivity contribution >= 4 is 44.4 Å². The number of fused-ring (bicyclic) bond motifs is 1. The van der Waals surface area contributed by atoms with Crippen LogP contribution < -0.4 is 23.8 Å². The van der Waals surface area contributed by atoms with Crippen LogP contribution in [0.25, 0.3) is 16.3 Å². The van der Waals surface area contributed by atoms with Crippen molar-refractivity contribution < 1.29 is 23.7 Å². The number of methoxy groups -OCH3 is 3. The topological polar surface area (TPSA) is 70.1 Å². The molecule has 8 heteroatoms. The number of nitrogens with zero attached hydrogens (tertiary/aromatic N) is 2. The second-order valence-corrected chi connectivity index (χ2v) is 8.34. The number of para-hydroxylation sites is 3. The molecule has 0 aliphatic heterocycles. The molecule has 1 aromatic heterocycles. The number of carbonyl (C=O) groups is 1. The van der Waals surface area contributed by atoms with Crippen LogP contribution in [0.4, 0.5) is 10.8 Å². The molecule has 0 spiro atoms. The van der Waals surface area contributed by atoms with E-state index in [4.69, 9.17) is 23.9 Å². The van der Waals surface area contributed by atoms with Gasteiger partial charge in [-0.3, -0.25) is 4.79 Å². The van der Waals surface area contributed by atoms with Gasteiger partial charge in [0.1, 0.15) is 5.75 Å². The van der Waals surface area contributed by atoms with Crippen LogP contribution in [0.15, 0.2) is 66.7 Å². The molecule has 0 fully saturated rings. The average Bonchev–Trinajstić information content (AvgIpc) is 3.31. The van der Waals surface area contributed by atoms with E-state index in [2.05, 4.69) is 0 Å². The number of thiazole rings is 1. The number of aromatic nitrogens is 1. The minimum Gasteiger partial charge on any atom is -0.493 e. The molecule has 4 rings (SSSR count). The number of anilines is 2. The van der Waals surface area contributed by atoms with Crippen molar-refractivity contribution in [3.05, 3.63) is 72.3 Å². The summed E-state index contributed by atoms with van der Waals surface area (Å²) in [6, 6.07) is 18.8. The Labute approximate surface area is 208 Å². The van der Waals surface area contributed by atoms with Gasteiger partial charge in [0.2, 0.25) is 5.75 Å². The summed E-state index contributed by atoms with van der Waals surface area (Å²) in [6.45, 7) is 2.38. The molecule has 35 heavy (non-hydrogen) atoms. The minimum atomic E-state index is -0.273. The summed E-state index contributed by atoms with van der Waals surface area (Å²) in [5, 5.41) is 0.554. The Kier molecular flexibility index (Phi) is 7.52. The highest BCUT2D eigenvalue weighted by atomic mass is 32.1. The van der Waals surface area contributed by atoms with Gasteiger partial charge >= 0.3 is 0 Å². The largest absolute Gasteiger partial charge is 0.493 e. The lowest BCUT2D eigenvalue weighted by Crippen LogP contribution is -2.24. The Balaban J connectivity index is 1.77. The average molecular weight is 491 g/mol. The zero-order chi connectivity index (χ0) is 24.8. The first-order chi connectivity index (χ1) is 17.1. The lowest BCUT2D eigenvalue weighted by Gasteiger charge is -2.21. The molecule has 0 unspecified atom stereocenters. The quantitative estimate of drug-likeness (QED) is 0.264. The van der Waals surface area contributed by atoms with Crippen LogP contribution in [-0.4, -0.2) is 38.8 Å². The van der Waals surface area contributed by atoms with E-state index >= 15 is 0 Å². The molecular weight excluding hydrogens is 464 g/mol. The van der Waals surface area contributed by atoms with E-state index in [9.17, 15) is 4.79 Å². The van der Waals surface area contributed by atoms with Crippen molar-refractivity contribution in [3.8, 4) is 23.0 Å². The summed E-state index contributed by atoms with van der Waals surface area (Å²) in [4.78, 5) is 19.9. The van der Waals surface area contributed by atoms with E-state index in [1.807, 2.05) is 55.5 Å². The maximum Gasteiger partial charge on any atom is 0.257 e. The molecule has 4 aromatic rings. The summed E-state index contributed by atoms with van der Waals surface area (Å²) in [7, 11) is 4.65.